The molecular formula is C21H25N3O2. The molecule has 136 valence electrons. The molecule has 0 bridgehead atoms. The molecule has 0 saturated carbocycles. The molecule has 1 aliphatic rings. The second-order valence-electron chi connectivity index (χ2n) is 7.07. The van der Waals surface area contributed by atoms with Crippen LogP contribution in [0.2, 0.25) is 0 Å². The minimum atomic E-state index is -0.574. The predicted molar refractivity (Wildman–Crippen MR) is 103 cm³/mol. The second-order valence-corrected chi connectivity index (χ2v) is 7.07. The molecule has 0 unspecified atom stereocenters. The van der Waals surface area contributed by atoms with Gasteiger partial charge in [0.25, 0.3) is 0 Å². The van der Waals surface area contributed by atoms with E-state index in [4.69, 9.17) is 0 Å². The first-order chi connectivity index (χ1) is 12.5. The van der Waals surface area contributed by atoms with Crippen LogP contribution in [-0.4, -0.2) is 47.9 Å². The smallest absolute Gasteiger partial charge is 0.321 e. The number of anilines is 1. The van der Waals surface area contributed by atoms with Crippen molar-refractivity contribution in [1.29, 1.82) is 0 Å². The Morgan fingerprint density at radius 3 is 1.88 bits per heavy atom. The third-order valence-electron chi connectivity index (χ3n) is 4.91. The summed E-state index contributed by atoms with van der Waals surface area (Å²) in [5.41, 5.74) is 1.21. The number of piperazine rings is 1. The molecule has 2 aromatic carbocycles. The van der Waals surface area contributed by atoms with Gasteiger partial charge in [-0.1, -0.05) is 48.5 Å². The van der Waals surface area contributed by atoms with Crippen LogP contribution in [0.4, 0.5) is 10.5 Å². The average molecular weight is 351 g/mol. The molecule has 0 spiro atoms. The van der Waals surface area contributed by atoms with Crippen LogP contribution in [0.5, 0.6) is 0 Å². The largest absolute Gasteiger partial charge is 0.338 e. The first-order valence-corrected chi connectivity index (χ1v) is 8.94. The van der Waals surface area contributed by atoms with Gasteiger partial charge in [-0.3, -0.25) is 4.79 Å². The standard InChI is InChI=1S/C21H25N3O2/c1-21(2,17-9-5-3-6-10-17)19(25)23-13-15-24(16-14-23)20(26)22-18-11-7-4-8-12-18/h3-12H,13-16H2,1-2H3,(H,22,26). The lowest BCUT2D eigenvalue weighted by Gasteiger charge is -2.38. The summed E-state index contributed by atoms with van der Waals surface area (Å²) in [7, 11) is 0. The second kappa shape index (κ2) is 7.60. The van der Waals surface area contributed by atoms with Gasteiger partial charge in [-0.15, -0.1) is 0 Å². The van der Waals surface area contributed by atoms with E-state index in [9.17, 15) is 9.59 Å². The number of nitrogens with one attached hydrogen (secondary N) is 1. The van der Waals surface area contributed by atoms with Crippen molar-refractivity contribution in [3.8, 4) is 0 Å². The van der Waals surface area contributed by atoms with Crippen LogP contribution in [0.25, 0.3) is 0 Å². The minimum absolute atomic E-state index is 0.104. The maximum atomic E-state index is 13.0. The molecule has 5 nitrogen and oxygen atoms in total. The van der Waals surface area contributed by atoms with E-state index in [1.807, 2.05) is 79.4 Å². The van der Waals surface area contributed by atoms with Gasteiger partial charge in [-0.25, -0.2) is 4.79 Å². The lowest BCUT2D eigenvalue weighted by atomic mass is 9.83. The highest BCUT2D eigenvalue weighted by Crippen LogP contribution is 2.26. The third kappa shape index (κ3) is 3.87. The van der Waals surface area contributed by atoms with Gasteiger partial charge in [0.1, 0.15) is 0 Å². The maximum Gasteiger partial charge on any atom is 0.321 e. The Labute approximate surface area is 154 Å². The van der Waals surface area contributed by atoms with E-state index < -0.39 is 5.41 Å². The molecule has 1 heterocycles. The number of nitrogens with zero attached hydrogens (tertiary/aromatic N) is 2. The van der Waals surface area contributed by atoms with Crippen LogP contribution in [0.15, 0.2) is 60.7 Å². The molecule has 0 radical (unpaired) electrons. The van der Waals surface area contributed by atoms with Gasteiger partial charge >= 0.3 is 6.03 Å². The molecule has 1 saturated heterocycles. The van der Waals surface area contributed by atoms with E-state index in [0.717, 1.165) is 11.3 Å². The highest BCUT2D eigenvalue weighted by molar-refractivity contribution is 5.90. The zero-order valence-corrected chi connectivity index (χ0v) is 15.3. The Morgan fingerprint density at radius 1 is 0.808 bits per heavy atom. The fourth-order valence-corrected chi connectivity index (χ4v) is 3.21. The fraction of sp³-hybridized carbons (Fsp3) is 0.333. The van der Waals surface area contributed by atoms with E-state index in [1.165, 1.54) is 0 Å². The summed E-state index contributed by atoms with van der Waals surface area (Å²) in [6.07, 6.45) is 0. The minimum Gasteiger partial charge on any atom is -0.338 e. The van der Waals surface area contributed by atoms with Gasteiger partial charge in [0.05, 0.1) is 5.41 Å². The van der Waals surface area contributed by atoms with Crippen molar-refractivity contribution in [2.75, 3.05) is 31.5 Å². The molecule has 0 aromatic heterocycles. The number of para-hydroxylation sites is 1. The van der Waals surface area contributed by atoms with Gasteiger partial charge in [0, 0.05) is 31.9 Å². The molecule has 1 fully saturated rings. The first-order valence-electron chi connectivity index (χ1n) is 8.94. The molecule has 1 N–H and O–H groups in total. The van der Waals surface area contributed by atoms with Crippen LogP contribution in [0, 0.1) is 0 Å². The molecule has 1 aliphatic heterocycles. The number of urea groups is 1. The molecular weight excluding hydrogens is 326 g/mol. The van der Waals surface area contributed by atoms with E-state index in [-0.39, 0.29) is 11.9 Å². The fourth-order valence-electron chi connectivity index (χ4n) is 3.21. The zero-order valence-electron chi connectivity index (χ0n) is 15.3. The number of amides is 3. The molecule has 0 aliphatic carbocycles. The Hall–Kier alpha value is -2.82. The van der Waals surface area contributed by atoms with Gasteiger partial charge < -0.3 is 15.1 Å². The SMILES string of the molecule is CC(C)(C(=O)N1CCN(C(=O)Nc2ccccc2)CC1)c1ccccc1. The van der Waals surface area contributed by atoms with Crippen LogP contribution in [-0.2, 0) is 10.2 Å². The number of carbonyl (C=O) groups is 2. The number of rotatable bonds is 3. The summed E-state index contributed by atoms with van der Waals surface area (Å²) in [6, 6.07) is 19.1. The molecule has 0 atom stereocenters. The quantitative estimate of drug-likeness (QED) is 0.922. The number of hydrogen-bond donors (Lipinski definition) is 1. The molecule has 3 rings (SSSR count). The van der Waals surface area contributed by atoms with E-state index >= 15 is 0 Å². The monoisotopic (exact) mass is 351 g/mol. The molecule has 26 heavy (non-hydrogen) atoms. The lowest BCUT2D eigenvalue weighted by Crippen LogP contribution is -2.55. The van der Waals surface area contributed by atoms with Crippen LogP contribution in [0.3, 0.4) is 0 Å². The van der Waals surface area contributed by atoms with Gasteiger partial charge in [-0.05, 0) is 31.5 Å². The average Bonchev–Trinajstić information content (AvgIpc) is 2.69. The van der Waals surface area contributed by atoms with Gasteiger partial charge in [0.15, 0.2) is 0 Å². The van der Waals surface area contributed by atoms with E-state index in [1.54, 1.807) is 4.90 Å². The van der Waals surface area contributed by atoms with E-state index in [0.29, 0.717) is 26.2 Å². The summed E-state index contributed by atoms with van der Waals surface area (Å²) in [6.45, 7) is 6.09. The van der Waals surface area contributed by atoms with Crippen LogP contribution < -0.4 is 5.32 Å². The van der Waals surface area contributed by atoms with Crippen molar-refractivity contribution < 1.29 is 9.59 Å². The van der Waals surface area contributed by atoms with Crippen molar-refractivity contribution in [3.05, 3.63) is 66.2 Å². The third-order valence-corrected chi connectivity index (χ3v) is 4.91. The number of benzene rings is 2. The topological polar surface area (TPSA) is 52.7 Å². The van der Waals surface area contributed by atoms with Crippen molar-refractivity contribution in [3.63, 3.8) is 0 Å². The summed E-state index contributed by atoms with van der Waals surface area (Å²) in [5, 5.41) is 2.90. The van der Waals surface area contributed by atoms with Crippen LogP contribution in [0.1, 0.15) is 19.4 Å². The highest BCUT2D eigenvalue weighted by Gasteiger charge is 2.35. The Morgan fingerprint density at radius 2 is 1.31 bits per heavy atom. The summed E-state index contributed by atoms with van der Waals surface area (Å²) >= 11 is 0. The number of carbonyl (C=O) groups excluding carboxylic acids is 2. The molecule has 3 amide bonds. The lowest BCUT2D eigenvalue weighted by molar-refractivity contribution is -0.137. The highest BCUT2D eigenvalue weighted by atomic mass is 16.2. The Balaban J connectivity index is 1.58. The Bertz CT molecular complexity index is 751. The predicted octanol–water partition coefficient (Wildman–Crippen LogP) is 3.34. The van der Waals surface area contributed by atoms with E-state index in [2.05, 4.69) is 5.32 Å². The summed E-state index contributed by atoms with van der Waals surface area (Å²) in [4.78, 5) is 29.0. The maximum absolute atomic E-state index is 13.0. The molecule has 2 aromatic rings. The number of hydrogen-bond acceptors (Lipinski definition) is 2. The first kappa shape index (κ1) is 18.0. The zero-order chi connectivity index (χ0) is 18.6. The van der Waals surface area contributed by atoms with Crippen molar-refractivity contribution in [1.82, 2.24) is 9.80 Å². The van der Waals surface area contributed by atoms with Crippen molar-refractivity contribution >= 4 is 17.6 Å². The summed E-state index contributed by atoms with van der Waals surface area (Å²) in [5.74, 6) is 0.104. The van der Waals surface area contributed by atoms with Gasteiger partial charge in [-0.2, -0.15) is 0 Å². The van der Waals surface area contributed by atoms with Crippen LogP contribution >= 0.6 is 0 Å². The van der Waals surface area contributed by atoms with Crippen molar-refractivity contribution in [2.24, 2.45) is 0 Å². The normalized spacial score (nSPS) is 14.8. The molecule has 5 heteroatoms. The van der Waals surface area contributed by atoms with Gasteiger partial charge in [0.2, 0.25) is 5.91 Å². The Kier molecular flexibility index (Phi) is 5.26. The van der Waals surface area contributed by atoms with Crippen molar-refractivity contribution in [2.45, 2.75) is 19.3 Å². The summed E-state index contributed by atoms with van der Waals surface area (Å²) < 4.78 is 0.